The summed E-state index contributed by atoms with van der Waals surface area (Å²) in [5.41, 5.74) is 9.58. The van der Waals surface area contributed by atoms with Crippen LogP contribution in [0, 0.1) is 6.92 Å². The molecule has 0 unspecified atom stereocenters. The molecule has 0 aliphatic heterocycles. The van der Waals surface area contributed by atoms with Crippen LogP contribution in [0.25, 0.3) is 0 Å². The van der Waals surface area contributed by atoms with Crippen LogP contribution in [-0.4, -0.2) is 14.8 Å². The second-order valence-electron chi connectivity index (χ2n) is 4.09. The van der Waals surface area contributed by atoms with Gasteiger partial charge in [-0.3, -0.25) is 4.68 Å². The summed E-state index contributed by atoms with van der Waals surface area (Å²) >= 11 is 0. The summed E-state index contributed by atoms with van der Waals surface area (Å²) in [6, 6.07) is 1.90. The van der Waals surface area contributed by atoms with Crippen LogP contribution in [0.15, 0.2) is 18.5 Å². The van der Waals surface area contributed by atoms with Gasteiger partial charge in [-0.15, -0.1) is 0 Å². The largest absolute Gasteiger partial charge is 0.396 e. The summed E-state index contributed by atoms with van der Waals surface area (Å²) in [5.74, 6) is 0.679. The molecule has 2 aromatic heterocycles. The van der Waals surface area contributed by atoms with Crippen molar-refractivity contribution < 1.29 is 0 Å². The van der Waals surface area contributed by atoms with Crippen molar-refractivity contribution in [2.75, 3.05) is 11.1 Å². The number of nitrogens with two attached hydrogens (primary N) is 1. The first kappa shape index (κ1) is 11.4. The highest BCUT2D eigenvalue weighted by Gasteiger charge is 2.08. The second-order valence-corrected chi connectivity index (χ2v) is 4.09. The third kappa shape index (κ3) is 2.38. The van der Waals surface area contributed by atoms with Gasteiger partial charge in [0, 0.05) is 19.4 Å². The van der Waals surface area contributed by atoms with Crippen molar-refractivity contribution >= 4 is 17.2 Å². The van der Waals surface area contributed by atoms with Crippen LogP contribution in [0.2, 0.25) is 0 Å². The van der Waals surface area contributed by atoms with E-state index in [0.29, 0.717) is 11.5 Å². The number of aromatic nitrogens is 3. The number of nitrogens with one attached hydrogen (secondary N) is 1. The van der Waals surface area contributed by atoms with E-state index in [-0.39, 0.29) is 0 Å². The molecule has 5 heteroatoms. The van der Waals surface area contributed by atoms with Gasteiger partial charge in [-0.05, 0) is 25.0 Å². The van der Waals surface area contributed by atoms with Crippen molar-refractivity contribution in [2.24, 2.45) is 7.05 Å². The van der Waals surface area contributed by atoms with Gasteiger partial charge in [-0.1, -0.05) is 6.92 Å². The van der Waals surface area contributed by atoms with Crippen LogP contribution < -0.4 is 11.1 Å². The van der Waals surface area contributed by atoms with Gasteiger partial charge in [-0.25, -0.2) is 4.98 Å². The average Bonchev–Trinajstić information content (AvgIpc) is 2.63. The highest BCUT2D eigenvalue weighted by molar-refractivity contribution is 5.69. The van der Waals surface area contributed by atoms with Crippen LogP contribution in [0.3, 0.4) is 0 Å². The van der Waals surface area contributed by atoms with Gasteiger partial charge in [0.2, 0.25) is 0 Å². The van der Waals surface area contributed by atoms with E-state index >= 15 is 0 Å². The molecule has 0 spiro atoms. The fraction of sp³-hybridized carbons (Fsp3) is 0.333. The molecule has 0 amide bonds. The summed E-state index contributed by atoms with van der Waals surface area (Å²) in [6.07, 6.45) is 4.59. The minimum Gasteiger partial charge on any atom is -0.396 e. The average molecular weight is 231 g/mol. The lowest BCUT2D eigenvalue weighted by Gasteiger charge is -2.07. The first-order valence-corrected chi connectivity index (χ1v) is 5.61. The molecule has 3 N–H and O–H groups in total. The van der Waals surface area contributed by atoms with Gasteiger partial charge in [0.1, 0.15) is 0 Å². The Balaban J connectivity index is 2.30. The third-order valence-corrected chi connectivity index (χ3v) is 2.55. The molecule has 0 bridgehead atoms. The molecule has 2 rings (SSSR count). The van der Waals surface area contributed by atoms with E-state index in [1.807, 2.05) is 26.2 Å². The monoisotopic (exact) mass is 231 g/mol. The first-order valence-electron chi connectivity index (χ1n) is 5.61. The van der Waals surface area contributed by atoms with E-state index in [0.717, 1.165) is 23.4 Å². The maximum Gasteiger partial charge on any atom is 0.153 e. The molecule has 0 aliphatic carbocycles. The Morgan fingerprint density at radius 3 is 2.88 bits per heavy atom. The standard InChI is InChI=1S/C12H17N5/c1-4-10-11(7-17(3)16-10)15-12-9(13)5-8(2)6-14-12/h5-7H,4,13H2,1-3H3,(H,14,15). The zero-order valence-corrected chi connectivity index (χ0v) is 10.4. The number of nitrogen functional groups attached to an aromatic ring is 1. The minimum atomic E-state index is 0.649. The van der Waals surface area contributed by atoms with Gasteiger partial charge >= 0.3 is 0 Å². The summed E-state index contributed by atoms with van der Waals surface area (Å²) < 4.78 is 1.78. The number of hydrogen-bond acceptors (Lipinski definition) is 4. The molecule has 90 valence electrons. The summed E-state index contributed by atoms with van der Waals surface area (Å²) in [6.45, 7) is 4.04. The van der Waals surface area contributed by atoms with E-state index in [1.165, 1.54) is 0 Å². The van der Waals surface area contributed by atoms with E-state index in [4.69, 9.17) is 5.73 Å². The Hall–Kier alpha value is -2.04. The molecule has 2 heterocycles. The maximum absolute atomic E-state index is 5.92. The van der Waals surface area contributed by atoms with Gasteiger partial charge in [0.05, 0.1) is 17.1 Å². The molecule has 17 heavy (non-hydrogen) atoms. The zero-order valence-electron chi connectivity index (χ0n) is 10.4. The van der Waals surface area contributed by atoms with E-state index < -0.39 is 0 Å². The van der Waals surface area contributed by atoms with Crippen LogP contribution >= 0.6 is 0 Å². The van der Waals surface area contributed by atoms with Crippen molar-refractivity contribution in [1.29, 1.82) is 0 Å². The molecule has 2 aromatic rings. The van der Waals surface area contributed by atoms with E-state index in [9.17, 15) is 0 Å². The minimum absolute atomic E-state index is 0.649. The van der Waals surface area contributed by atoms with Gasteiger partial charge in [0.15, 0.2) is 5.82 Å². The molecule has 0 saturated heterocycles. The number of anilines is 3. The third-order valence-electron chi connectivity index (χ3n) is 2.55. The second kappa shape index (κ2) is 4.45. The van der Waals surface area contributed by atoms with Crippen LogP contribution in [0.4, 0.5) is 17.2 Å². The van der Waals surface area contributed by atoms with Crippen LogP contribution in [0.1, 0.15) is 18.2 Å². The number of hydrogen-bond donors (Lipinski definition) is 2. The SMILES string of the molecule is CCc1nn(C)cc1Nc1ncc(C)cc1N. The Bertz CT molecular complexity index is 530. The van der Waals surface area contributed by atoms with Crippen molar-refractivity contribution in [3.05, 3.63) is 29.7 Å². The maximum atomic E-state index is 5.92. The fourth-order valence-corrected chi connectivity index (χ4v) is 1.72. The van der Waals surface area contributed by atoms with E-state index in [2.05, 4.69) is 22.3 Å². The number of rotatable bonds is 3. The normalized spacial score (nSPS) is 10.5. The summed E-state index contributed by atoms with van der Waals surface area (Å²) in [5, 5.41) is 7.58. The molecule has 0 aliphatic rings. The molecule has 0 atom stereocenters. The topological polar surface area (TPSA) is 68.8 Å². The predicted octanol–water partition coefficient (Wildman–Crippen LogP) is 2.01. The van der Waals surface area contributed by atoms with Crippen molar-refractivity contribution in [3.63, 3.8) is 0 Å². The molecular formula is C12H17N5. The molecule has 5 nitrogen and oxygen atoms in total. The van der Waals surface area contributed by atoms with Gasteiger partial charge in [-0.2, -0.15) is 5.10 Å². The first-order chi connectivity index (χ1) is 8.10. The highest BCUT2D eigenvalue weighted by atomic mass is 15.3. The quantitative estimate of drug-likeness (QED) is 0.847. The lowest BCUT2D eigenvalue weighted by Crippen LogP contribution is -2.00. The van der Waals surface area contributed by atoms with E-state index in [1.54, 1.807) is 10.9 Å². The Kier molecular flexibility index (Phi) is 2.99. The number of pyridine rings is 1. The highest BCUT2D eigenvalue weighted by Crippen LogP contribution is 2.23. The number of nitrogens with zero attached hydrogens (tertiary/aromatic N) is 3. The molecule has 0 aromatic carbocycles. The lowest BCUT2D eigenvalue weighted by atomic mass is 10.2. The molecule has 0 saturated carbocycles. The lowest BCUT2D eigenvalue weighted by molar-refractivity contribution is 0.746. The van der Waals surface area contributed by atoms with Crippen molar-refractivity contribution in [1.82, 2.24) is 14.8 Å². The van der Waals surface area contributed by atoms with Crippen LogP contribution in [0.5, 0.6) is 0 Å². The van der Waals surface area contributed by atoms with Gasteiger partial charge in [0.25, 0.3) is 0 Å². The Morgan fingerprint density at radius 2 is 2.24 bits per heavy atom. The fourth-order valence-electron chi connectivity index (χ4n) is 1.72. The number of aryl methyl sites for hydroxylation is 3. The Morgan fingerprint density at radius 1 is 1.47 bits per heavy atom. The van der Waals surface area contributed by atoms with Gasteiger partial charge < -0.3 is 11.1 Å². The summed E-state index contributed by atoms with van der Waals surface area (Å²) in [7, 11) is 1.90. The predicted molar refractivity (Wildman–Crippen MR) is 69.3 cm³/mol. The summed E-state index contributed by atoms with van der Waals surface area (Å²) in [4.78, 5) is 4.28. The zero-order chi connectivity index (χ0) is 12.4. The molecule has 0 radical (unpaired) electrons. The van der Waals surface area contributed by atoms with Crippen LogP contribution in [-0.2, 0) is 13.5 Å². The molecule has 0 fully saturated rings. The Labute approximate surface area is 101 Å². The van der Waals surface area contributed by atoms with Crippen molar-refractivity contribution in [2.45, 2.75) is 20.3 Å². The molecular weight excluding hydrogens is 214 g/mol. The smallest absolute Gasteiger partial charge is 0.153 e. The van der Waals surface area contributed by atoms with Crippen molar-refractivity contribution in [3.8, 4) is 0 Å².